The van der Waals surface area contributed by atoms with Crippen LogP contribution in [0.3, 0.4) is 0 Å². The van der Waals surface area contributed by atoms with Crippen LogP contribution in [-0.2, 0) is 16.0 Å². The summed E-state index contributed by atoms with van der Waals surface area (Å²) >= 11 is 0. The molecule has 1 aromatic carbocycles. The minimum absolute atomic E-state index is 0.129. The molecular formula is C13H17NO4. The Balaban J connectivity index is 2.51. The number of carbonyl (C=O) groups is 1. The lowest BCUT2D eigenvalue weighted by molar-refractivity contribution is -0.385. The van der Waals surface area contributed by atoms with E-state index in [1.165, 1.54) is 6.07 Å². The number of hydrogen-bond acceptors (Lipinski definition) is 4. The minimum Gasteiger partial charge on any atom is -0.466 e. The largest absolute Gasteiger partial charge is 0.466 e. The maximum Gasteiger partial charge on any atom is 0.305 e. The molecule has 0 amide bonds. The van der Waals surface area contributed by atoms with E-state index in [-0.39, 0.29) is 11.7 Å². The highest BCUT2D eigenvalue weighted by Gasteiger charge is 2.10. The summed E-state index contributed by atoms with van der Waals surface area (Å²) in [6.07, 6.45) is 1.79. The molecule has 0 radical (unpaired) electrons. The molecule has 0 bridgehead atoms. The molecular weight excluding hydrogens is 234 g/mol. The number of benzene rings is 1. The molecule has 0 fully saturated rings. The summed E-state index contributed by atoms with van der Waals surface area (Å²) in [7, 11) is 0. The molecule has 5 heteroatoms. The fourth-order valence-electron chi connectivity index (χ4n) is 1.75. The van der Waals surface area contributed by atoms with E-state index in [1.54, 1.807) is 26.0 Å². The van der Waals surface area contributed by atoms with E-state index in [1.807, 2.05) is 0 Å². The molecule has 0 aliphatic rings. The Morgan fingerprint density at radius 3 is 2.72 bits per heavy atom. The predicted octanol–water partition coefficient (Wildman–Crippen LogP) is 2.79. The van der Waals surface area contributed by atoms with E-state index in [9.17, 15) is 14.9 Å². The van der Waals surface area contributed by atoms with Crippen molar-refractivity contribution in [2.45, 2.75) is 33.1 Å². The SMILES string of the molecule is CCOC(=O)CCCc1ccc([N+](=O)[O-])c(C)c1. The van der Waals surface area contributed by atoms with E-state index in [0.29, 0.717) is 25.0 Å². The van der Waals surface area contributed by atoms with Crippen LogP contribution in [0.1, 0.15) is 30.9 Å². The van der Waals surface area contributed by atoms with E-state index in [0.717, 1.165) is 12.0 Å². The molecule has 0 aliphatic heterocycles. The van der Waals surface area contributed by atoms with Crippen LogP contribution in [0.4, 0.5) is 5.69 Å². The zero-order valence-electron chi connectivity index (χ0n) is 10.6. The quantitative estimate of drug-likeness (QED) is 0.443. The fourth-order valence-corrected chi connectivity index (χ4v) is 1.75. The summed E-state index contributed by atoms with van der Waals surface area (Å²) in [5, 5.41) is 10.7. The van der Waals surface area contributed by atoms with Gasteiger partial charge in [-0.15, -0.1) is 0 Å². The molecule has 0 atom stereocenters. The van der Waals surface area contributed by atoms with Crippen LogP contribution in [0.15, 0.2) is 18.2 Å². The van der Waals surface area contributed by atoms with Gasteiger partial charge in [0, 0.05) is 18.1 Å². The highest BCUT2D eigenvalue weighted by Crippen LogP contribution is 2.19. The topological polar surface area (TPSA) is 69.4 Å². The normalized spacial score (nSPS) is 10.1. The van der Waals surface area contributed by atoms with Gasteiger partial charge in [-0.05, 0) is 38.3 Å². The third-order valence-corrected chi connectivity index (χ3v) is 2.61. The van der Waals surface area contributed by atoms with Crippen molar-refractivity contribution in [1.82, 2.24) is 0 Å². The van der Waals surface area contributed by atoms with Crippen LogP contribution < -0.4 is 0 Å². The van der Waals surface area contributed by atoms with Gasteiger partial charge in [-0.25, -0.2) is 0 Å². The number of nitro benzene ring substituents is 1. The number of esters is 1. The molecule has 0 unspecified atom stereocenters. The van der Waals surface area contributed by atoms with Crippen molar-refractivity contribution in [3.05, 3.63) is 39.4 Å². The van der Waals surface area contributed by atoms with E-state index in [2.05, 4.69) is 0 Å². The highest BCUT2D eigenvalue weighted by atomic mass is 16.6. The summed E-state index contributed by atoms with van der Waals surface area (Å²) < 4.78 is 4.83. The van der Waals surface area contributed by atoms with Crippen LogP contribution in [0, 0.1) is 17.0 Å². The predicted molar refractivity (Wildman–Crippen MR) is 67.4 cm³/mol. The van der Waals surface area contributed by atoms with Crippen molar-refractivity contribution in [2.24, 2.45) is 0 Å². The van der Waals surface area contributed by atoms with Crippen molar-refractivity contribution in [3.8, 4) is 0 Å². The van der Waals surface area contributed by atoms with Gasteiger partial charge < -0.3 is 4.74 Å². The van der Waals surface area contributed by atoms with E-state index in [4.69, 9.17) is 4.74 Å². The molecule has 0 saturated heterocycles. The molecule has 18 heavy (non-hydrogen) atoms. The molecule has 1 rings (SSSR count). The fraction of sp³-hybridized carbons (Fsp3) is 0.462. The van der Waals surface area contributed by atoms with Gasteiger partial charge in [0.05, 0.1) is 11.5 Å². The molecule has 0 aliphatic carbocycles. The van der Waals surface area contributed by atoms with E-state index < -0.39 is 4.92 Å². The first kappa shape index (κ1) is 14.2. The zero-order chi connectivity index (χ0) is 13.5. The van der Waals surface area contributed by atoms with Crippen LogP contribution in [0.5, 0.6) is 0 Å². The van der Waals surface area contributed by atoms with Crippen molar-refractivity contribution < 1.29 is 14.5 Å². The Morgan fingerprint density at radius 2 is 2.17 bits per heavy atom. The Hall–Kier alpha value is -1.91. The second kappa shape index (κ2) is 6.74. The lowest BCUT2D eigenvalue weighted by Gasteiger charge is -2.04. The molecule has 0 spiro atoms. The first-order chi connectivity index (χ1) is 8.54. The molecule has 0 aromatic heterocycles. The first-order valence-electron chi connectivity index (χ1n) is 5.94. The second-order valence-electron chi connectivity index (χ2n) is 4.04. The molecule has 1 aromatic rings. The van der Waals surface area contributed by atoms with Gasteiger partial charge in [0.25, 0.3) is 5.69 Å². The van der Waals surface area contributed by atoms with Gasteiger partial charge in [0.2, 0.25) is 0 Å². The summed E-state index contributed by atoms with van der Waals surface area (Å²) in [5.41, 5.74) is 1.78. The second-order valence-corrected chi connectivity index (χ2v) is 4.04. The van der Waals surface area contributed by atoms with Crippen molar-refractivity contribution in [3.63, 3.8) is 0 Å². The number of nitrogens with zero attached hydrogens (tertiary/aromatic N) is 1. The molecule has 5 nitrogen and oxygen atoms in total. The molecule has 0 saturated carbocycles. The van der Waals surface area contributed by atoms with Crippen molar-refractivity contribution >= 4 is 11.7 Å². The number of aryl methyl sites for hydroxylation is 2. The summed E-state index contributed by atoms with van der Waals surface area (Å²) in [5.74, 6) is -0.198. The summed E-state index contributed by atoms with van der Waals surface area (Å²) in [6, 6.07) is 5.04. The molecule has 98 valence electrons. The zero-order valence-corrected chi connectivity index (χ0v) is 10.6. The monoisotopic (exact) mass is 251 g/mol. The van der Waals surface area contributed by atoms with Crippen molar-refractivity contribution in [2.75, 3.05) is 6.61 Å². The summed E-state index contributed by atoms with van der Waals surface area (Å²) in [6.45, 7) is 3.89. The maximum absolute atomic E-state index is 11.1. The third kappa shape index (κ3) is 4.16. The lowest BCUT2D eigenvalue weighted by atomic mass is 10.0. The van der Waals surface area contributed by atoms with E-state index >= 15 is 0 Å². The maximum atomic E-state index is 11.1. The van der Waals surface area contributed by atoms with Gasteiger partial charge in [0.1, 0.15) is 0 Å². The molecule has 0 N–H and O–H groups in total. The first-order valence-corrected chi connectivity index (χ1v) is 5.94. The van der Waals surface area contributed by atoms with Gasteiger partial charge in [-0.1, -0.05) is 6.07 Å². The van der Waals surface area contributed by atoms with Gasteiger partial charge in [-0.2, -0.15) is 0 Å². The number of hydrogen-bond donors (Lipinski definition) is 0. The standard InChI is InChI=1S/C13H17NO4/c1-3-18-13(15)6-4-5-11-7-8-12(14(16)17)10(2)9-11/h7-9H,3-6H2,1-2H3. The third-order valence-electron chi connectivity index (χ3n) is 2.61. The molecule has 0 heterocycles. The number of carbonyl (C=O) groups excluding carboxylic acids is 1. The lowest BCUT2D eigenvalue weighted by Crippen LogP contribution is -2.04. The highest BCUT2D eigenvalue weighted by molar-refractivity contribution is 5.69. The minimum atomic E-state index is -0.391. The van der Waals surface area contributed by atoms with Crippen LogP contribution in [0.2, 0.25) is 0 Å². The Labute approximate surface area is 106 Å². The Kier molecular flexibility index (Phi) is 5.30. The van der Waals surface area contributed by atoms with Crippen LogP contribution in [0.25, 0.3) is 0 Å². The van der Waals surface area contributed by atoms with Gasteiger partial charge >= 0.3 is 5.97 Å². The Bertz CT molecular complexity index is 443. The van der Waals surface area contributed by atoms with Gasteiger partial charge in [-0.3, -0.25) is 14.9 Å². The number of nitro groups is 1. The van der Waals surface area contributed by atoms with Gasteiger partial charge in [0.15, 0.2) is 0 Å². The van der Waals surface area contributed by atoms with Crippen LogP contribution >= 0.6 is 0 Å². The average Bonchev–Trinajstić information content (AvgIpc) is 2.29. The smallest absolute Gasteiger partial charge is 0.305 e. The average molecular weight is 251 g/mol. The number of rotatable bonds is 6. The van der Waals surface area contributed by atoms with Crippen molar-refractivity contribution in [1.29, 1.82) is 0 Å². The Morgan fingerprint density at radius 1 is 1.44 bits per heavy atom. The summed E-state index contributed by atoms with van der Waals surface area (Å²) in [4.78, 5) is 21.4. The van der Waals surface area contributed by atoms with Crippen LogP contribution in [-0.4, -0.2) is 17.5 Å². The number of ether oxygens (including phenoxy) is 1.